The summed E-state index contributed by atoms with van der Waals surface area (Å²) in [4.78, 5) is 17.0. The van der Waals surface area contributed by atoms with Gasteiger partial charge in [0.25, 0.3) is 0 Å². The van der Waals surface area contributed by atoms with Crippen LogP contribution in [-0.2, 0) is 22.6 Å². The van der Waals surface area contributed by atoms with E-state index in [1.807, 2.05) is 0 Å². The average molecular weight is 241 g/mol. The second-order valence-corrected chi connectivity index (χ2v) is 5.00. The van der Waals surface area contributed by atoms with Crippen molar-refractivity contribution in [1.29, 1.82) is 0 Å². The third-order valence-corrected chi connectivity index (χ3v) is 3.23. The van der Waals surface area contributed by atoms with Crippen LogP contribution >= 0.6 is 11.3 Å². The number of nitrogens with two attached hydrogens (primary N) is 1. The number of nitrogens with one attached hydrogen (secondary N) is 1. The molecule has 1 aliphatic rings. The number of anilines is 1. The minimum Gasteiger partial charge on any atom is -0.375 e. The van der Waals surface area contributed by atoms with Gasteiger partial charge >= 0.3 is 0 Å². The number of rotatable bonds is 3. The zero-order valence-electron chi connectivity index (χ0n) is 9.16. The van der Waals surface area contributed by atoms with Crippen LogP contribution in [0.3, 0.4) is 0 Å². The third kappa shape index (κ3) is 2.78. The van der Waals surface area contributed by atoms with Crippen molar-refractivity contribution < 1.29 is 9.53 Å². The van der Waals surface area contributed by atoms with Crippen molar-refractivity contribution in [3.63, 3.8) is 0 Å². The van der Waals surface area contributed by atoms with E-state index in [1.165, 1.54) is 11.3 Å². The molecule has 0 aromatic carbocycles. The fourth-order valence-electron chi connectivity index (χ4n) is 1.54. The Hall–Kier alpha value is -0.980. The molecule has 0 fully saturated rings. The monoisotopic (exact) mass is 241 g/mol. The van der Waals surface area contributed by atoms with Gasteiger partial charge in [-0.1, -0.05) is 11.3 Å². The van der Waals surface area contributed by atoms with Crippen LogP contribution in [0.5, 0.6) is 0 Å². The molecule has 0 bridgehead atoms. The highest BCUT2D eigenvalue weighted by Gasteiger charge is 2.16. The molecule has 3 N–H and O–H groups in total. The molecule has 0 saturated heterocycles. The lowest BCUT2D eigenvalue weighted by atomic mass is 10.2. The van der Waals surface area contributed by atoms with Gasteiger partial charge in [-0.2, -0.15) is 0 Å². The van der Waals surface area contributed by atoms with Crippen molar-refractivity contribution >= 4 is 22.4 Å². The topological polar surface area (TPSA) is 77.2 Å². The second kappa shape index (κ2) is 4.90. The van der Waals surface area contributed by atoms with Crippen molar-refractivity contribution in [2.75, 3.05) is 11.9 Å². The number of carbonyl (C=O) groups is 1. The molecule has 88 valence electrons. The molecule has 1 aromatic heterocycles. The highest BCUT2D eigenvalue weighted by atomic mass is 32.1. The second-order valence-electron chi connectivity index (χ2n) is 3.92. The molecule has 6 heteroatoms. The third-order valence-electron chi connectivity index (χ3n) is 2.25. The molecule has 5 nitrogen and oxygen atoms in total. The van der Waals surface area contributed by atoms with Crippen molar-refractivity contribution in [2.45, 2.75) is 32.4 Å². The number of amides is 1. The molecule has 1 amide bonds. The molecule has 1 atom stereocenters. The summed E-state index contributed by atoms with van der Waals surface area (Å²) in [6.07, 6.45) is 1.15. The first kappa shape index (κ1) is 11.5. The Morgan fingerprint density at radius 2 is 2.56 bits per heavy atom. The minimum absolute atomic E-state index is 0.0815. The number of aromatic nitrogens is 1. The van der Waals surface area contributed by atoms with E-state index in [4.69, 9.17) is 10.5 Å². The van der Waals surface area contributed by atoms with Crippen molar-refractivity contribution in [3.8, 4) is 0 Å². The molecule has 0 aliphatic carbocycles. The number of fused-ring (bicyclic) bond motifs is 1. The van der Waals surface area contributed by atoms with Crippen molar-refractivity contribution in [3.05, 3.63) is 10.6 Å². The molecule has 2 heterocycles. The Labute approximate surface area is 98.0 Å². The van der Waals surface area contributed by atoms with E-state index in [0.29, 0.717) is 24.8 Å². The fourth-order valence-corrected chi connectivity index (χ4v) is 2.50. The van der Waals surface area contributed by atoms with E-state index in [9.17, 15) is 4.79 Å². The van der Waals surface area contributed by atoms with Gasteiger partial charge < -0.3 is 15.8 Å². The van der Waals surface area contributed by atoms with Gasteiger partial charge in [0.05, 0.1) is 23.8 Å². The summed E-state index contributed by atoms with van der Waals surface area (Å²) in [5, 5.41) is 3.42. The van der Waals surface area contributed by atoms with Crippen LogP contribution in [-0.4, -0.2) is 23.5 Å². The summed E-state index contributed by atoms with van der Waals surface area (Å²) < 4.78 is 5.32. The molecule has 1 aliphatic heterocycles. The van der Waals surface area contributed by atoms with Gasteiger partial charge in [-0.15, -0.1) is 0 Å². The first-order valence-corrected chi connectivity index (χ1v) is 6.08. The van der Waals surface area contributed by atoms with Crippen molar-refractivity contribution in [1.82, 2.24) is 4.98 Å². The first-order valence-electron chi connectivity index (χ1n) is 5.27. The summed E-state index contributed by atoms with van der Waals surface area (Å²) in [6, 6.07) is -0.127. The van der Waals surface area contributed by atoms with Crippen LogP contribution in [0.15, 0.2) is 0 Å². The fraction of sp³-hybridized carbons (Fsp3) is 0.600. The predicted octanol–water partition coefficient (Wildman–Crippen LogP) is 0.892. The van der Waals surface area contributed by atoms with Crippen LogP contribution in [0, 0.1) is 0 Å². The number of thiazole rings is 1. The van der Waals surface area contributed by atoms with Crippen molar-refractivity contribution in [2.24, 2.45) is 5.73 Å². The van der Waals surface area contributed by atoms with Gasteiger partial charge in [-0.25, -0.2) is 4.98 Å². The summed E-state index contributed by atoms with van der Waals surface area (Å²) >= 11 is 1.48. The zero-order chi connectivity index (χ0) is 11.5. The van der Waals surface area contributed by atoms with Crippen LogP contribution in [0.4, 0.5) is 5.13 Å². The maximum atomic E-state index is 11.5. The highest BCUT2D eigenvalue weighted by Crippen LogP contribution is 2.26. The molecule has 1 unspecified atom stereocenters. The molecule has 0 radical (unpaired) electrons. The number of hydrogen-bond donors (Lipinski definition) is 2. The van der Waals surface area contributed by atoms with E-state index < -0.39 is 0 Å². The Bertz CT molecular complexity index is 366. The molecular formula is C10H15N3O2S. The Balaban J connectivity index is 1.99. The van der Waals surface area contributed by atoms with Gasteiger partial charge in [-0.05, 0) is 6.92 Å². The summed E-state index contributed by atoms with van der Waals surface area (Å²) in [7, 11) is 0. The van der Waals surface area contributed by atoms with Gasteiger partial charge in [-0.3, -0.25) is 4.79 Å². The molecule has 0 saturated carbocycles. The Morgan fingerprint density at radius 3 is 3.25 bits per heavy atom. The maximum absolute atomic E-state index is 11.5. The van der Waals surface area contributed by atoms with Gasteiger partial charge in [0, 0.05) is 18.9 Å². The number of carbonyl (C=O) groups excluding carboxylic acids is 1. The normalized spacial score (nSPS) is 16.6. The smallest absolute Gasteiger partial charge is 0.227 e. The highest BCUT2D eigenvalue weighted by molar-refractivity contribution is 7.15. The quantitative estimate of drug-likeness (QED) is 0.824. The maximum Gasteiger partial charge on any atom is 0.227 e. The molecular weight excluding hydrogens is 226 g/mol. The van der Waals surface area contributed by atoms with Crippen LogP contribution < -0.4 is 11.1 Å². The van der Waals surface area contributed by atoms with E-state index in [1.54, 1.807) is 6.92 Å². The lowest BCUT2D eigenvalue weighted by Gasteiger charge is -2.08. The van der Waals surface area contributed by atoms with E-state index in [-0.39, 0.29) is 11.9 Å². The van der Waals surface area contributed by atoms with E-state index in [2.05, 4.69) is 10.3 Å². The SMILES string of the molecule is CC(N)CC(=O)Nc1nc2c(s1)COCC2. The van der Waals surface area contributed by atoms with Crippen LogP contribution in [0.25, 0.3) is 0 Å². The minimum atomic E-state index is -0.127. The molecule has 0 spiro atoms. The molecule has 1 aromatic rings. The Morgan fingerprint density at radius 1 is 1.75 bits per heavy atom. The summed E-state index contributed by atoms with van der Waals surface area (Å²) in [6.45, 7) is 3.13. The predicted molar refractivity (Wildman–Crippen MR) is 62.4 cm³/mol. The number of ether oxygens (including phenoxy) is 1. The standard InChI is InChI=1S/C10H15N3O2S/c1-6(11)4-9(14)13-10-12-7-2-3-15-5-8(7)16-10/h6H,2-5,11H2,1H3,(H,12,13,14). The van der Waals surface area contributed by atoms with E-state index >= 15 is 0 Å². The summed E-state index contributed by atoms with van der Waals surface area (Å²) in [5.74, 6) is -0.0815. The molecule has 2 rings (SSSR count). The Kier molecular flexibility index (Phi) is 3.52. The zero-order valence-corrected chi connectivity index (χ0v) is 9.97. The van der Waals surface area contributed by atoms with Crippen LogP contribution in [0.1, 0.15) is 23.9 Å². The number of hydrogen-bond acceptors (Lipinski definition) is 5. The summed E-state index contributed by atoms with van der Waals surface area (Å²) in [5.41, 5.74) is 6.60. The van der Waals surface area contributed by atoms with Gasteiger partial charge in [0.15, 0.2) is 5.13 Å². The average Bonchev–Trinajstić information content (AvgIpc) is 2.57. The van der Waals surface area contributed by atoms with Crippen LogP contribution in [0.2, 0.25) is 0 Å². The largest absolute Gasteiger partial charge is 0.375 e. The molecule has 16 heavy (non-hydrogen) atoms. The lowest BCUT2D eigenvalue weighted by molar-refractivity contribution is -0.116. The van der Waals surface area contributed by atoms with Gasteiger partial charge in [0.1, 0.15) is 0 Å². The van der Waals surface area contributed by atoms with E-state index in [0.717, 1.165) is 17.0 Å². The first-order chi connectivity index (χ1) is 7.65. The van der Waals surface area contributed by atoms with Gasteiger partial charge in [0.2, 0.25) is 5.91 Å². The lowest BCUT2D eigenvalue weighted by Crippen LogP contribution is -2.23. The number of nitrogens with zero attached hydrogens (tertiary/aromatic N) is 1.